The van der Waals surface area contributed by atoms with Crippen molar-refractivity contribution in [2.45, 2.75) is 52.3 Å². The molecule has 0 radical (unpaired) electrons. The zero-order valence-electron chi connectivity index (χ0n) is 17.3. The Labute approximate surface area is 170 Å². The maximum absolute atomic E-state index is 11.2. The second kappa shape index (κ2) is 8.66. The van der Waals surface area contributed by atoms with Crippen LogP contribution < -0.4 is 10.1 Å². The summed E-state index contributed by atoms with van der Waals surface area (Å²) in [7, 11) is 0. The first-order valence-corrected chi connectivity index (χ1v) is 9.85. The fourth-order valence-corrected chi connectivity index (χ4v) is 3.04. The van der Waals surface area contributed by atoms with Crippen LogP contribution in [0.3, 0.4) is 0 Å². The van der Waals surface area contributed by atoms with Crippen LogP contribution in [0.15, 0.2) is 52.9 Å². The summed E-state index contributed by atoms with van der Waals surface area (Å²) in [5.41, 5.74) is 1.45. The fourth-order valence-electron chi connectivity index (χ4n) is 3.04. The SMILES string of the molecule is CC(C)CC(NCc1ccc(OC(C)(C)C(=O)O)cc1)c1nc2ccccc2o1. The van der Waals surface area contributed by atoms with Gasteiger partial charge in [0.1, 0.15) is 11.3 Å². The van der Waals surface area contributed by atoms with Gasteiger partial charge in [-0.1, -0.05) is 38.1 Å². The third-order valence-corrected chi connectivity index (χ3v) is 4.68. The molecule has 3 aromatic rings. The molecule has 0 bridgehead atoms. The Kier molecular flexibility index (Phi) is 6.23. The van der Waals surface area contributed by atoms with Gasteiger partial charge in [-0.2, -0.15) is 0 Å². The van der Waals surface area contributed by atoms with E-state index in [9.17, 15) is 9.90 Å². The summed E-state index contributed by atoms with van der Waals surface area (Å²) in [6, 6.07) is 15.2. The Morgan fingerprint density at radius 1 is 1.17 bits per heavy atom. The molecule has 1 atom stereocenters. The van der Waals surface area contributed by atoms with Crippen molar-refractivity contribution < 1.29 is 19.1 Å². The van der Waals surface area contributed by atoms with Gasteiger partial charge in [0.25, 0.3) is 0 Å². The van der Waals surface area contributed by atoms with Crippen LogP contribution in [-0.2, 0) is 11.3 Å². The molecule has 0 amide bonds. The molecule has 1 aromatic heterocycles. The molecule has 2 N–H and O–H groups in total. The Morgan fingerprint density at radius 2 is 1.86 bits per heavy atom. The first kappa shape index (κ1) is 20.9. The lowest BCUT2D eigenvalue weighted by molar-refractivity contribution is -0.152. The number of hydrogen-bond acceptors (Lipinski definition) is 5. The summed E-state index contributed by atoms with van der Waals surface area (Å²) in [5.74, 6) is 0.705. The molecule has 0 aliphatic heterocycles. The molecule has 1 heterocycles. The molecule has 0 aliphatic carbocycles. The normalized spacial score (nSPS) is 13.0. The van der Waals surface area contributed by atoms with Crippen LogP contribution in [0.5, 0.6) is 5.75 Å². The molecule has 154 valence electrons. The van der Waals surface area contributed by atoms with Crippen molar-refractivity contribution in [2.75, 3.05) is 0 Å². The number of aromatic nitrogens is 1. The van der Waals surface area contributed by atoms with Crippen LogP contribution in [0.4, 0.5) is 0 Å². The fraction of sp³-hybridized carbons (Fsp3) is 0.391. The number of rotatable bonds is 9. The van der Waals surface area contributed by atoms with Gasteiger partial charge in [0.15, 0.2) is 11.2 Å². The molecule has 29 heavy (non-hydrogen) atoms. The molecule has 3 rings (SSSR count). The summed E-state index contributed by atoms with van der Waals surface area (Å²) >= 11 is 0. The first-order chi connectivity index (χ1) is 13.7. The Balaban J connectivity index is 1.68. The number of fused-ring (bicyclic) bond motifs is 1. The van der Waals surface area contributed by atoms with E-state index in [0.717, 1.165) is 23.1 Å². The van der Waals surface area contributed by atoms with Crippen molar-refractivity contribution in [1.82, 2.24) is 10.3 Å². The van der Waals surface area contributed by atoms with Crippen LogP contribution in [-0.4, -0.2) is 21.7 Å². The van der Waals surface area contributed by atoms with E-state index in [4.69, 9.17) is 9.15 Å². The van der Waals surface area contributed by atoms with Crippen molar-refractivity contribution in [1.29, 1.82) is 0 Å². The van der Waals surface area contributed by atoms with Gasteiger partial charge in [-0.05, 0) is 56.0 Å². The molecule has 1 unspecified atom stereocenters. The summed E-state index contributed by atoms with van der Waals surface area (Å²) in [6.07, 6.45) is 0.904. The van der Waals surface area contributed by atoms with Crippen molar-refractivity contribution >= 4 is 17.1 Å². The quantitative estimate of drug-likeness (QED) is 0.532. The number of carboxylic acid groups (broad SMARTS) is 1. The monoisotopic (exact) mass is 396 g/mol. The van der Waals surface area contributed by atoms with E-state index in [-0.39, 0.29) is 6.04 Å². The Hall–Kier alpha value is -2.86. The molecule has 0 fully saturated rings. The van der Waals surface area contributed by atoms with E-state index in [1.54, 1.807) is 12.1 Å². The van der Waals surface area contributed by atoms with E-state index < -0.39 is 11.6 Å². The highest BCUT2D eigenvalue weighted by molar-refractivity contribution is 5.76. The van der Waals surface area contributed by atoms with Gasteiger partial charge in [0.05, 0.1) is 6.04 Å². The molecule has 0 spiro atoms. The second-order valence-electron chi connectivity index (χ2n) is 8.14. The highest BCUT2D eigenvalue weighted by Crippen LogP contribution is 2.26. The number of hydrogen-bond donors (Lipinski definition) is 2. The zero-order chi connectivity index (χ0) is 21.0. The number of nitrogens with zero attached hydrogens (tertiary/aromatic N) is 1. The van der Waals surface area contributed by atoms with E-state index >= 15 is 0 Å². The molecule has 6 nitrogen and oxygen atoms in total. The van der Waals surface area contributed by atoms with Crippen LogP contribution in [0.1, 0.15) is 51.6 Å². The number of ether oxygens (including phenoxy) is 1. The molecule has 0 saturated carbocycles. The molecular weight excluding hydrogens is 368 g/mol. The van der Waals surface area contributed by atoms with Gasteiger partial charge in [-0.25, -0.2) is 9.78 Å². The predicted octanol–water partition coefficient (Wildman–Crippen LogP) is 4.95. The standard InChI is InChI=1S/C23H28N2O4/c1-15(2)13-19(21-25-18-7-5-6-8-20(18)28-21)24-14-16-9-11-17(12-10-16)29-23(3,4)22(26)27/h5-12,15,19,24H,13-14H2,1-4H3,(H,26,27). The van der Waals surface area contributed by atoms with Crippen LogP contribution in [0.2, 0.25) is 0 Å². The number of carboxylic acids is 1. The third kappa shape index (κ3) is 5.35. The molecular formula is C23H28N2O4. The van der Waals surface area contributed by atoms with E-state index in [2.05, 4.69) is 24.1 Å². The molecule has 2 aromatic carbocycles. The molecule has 0 saturated heterocycles. The number of para-hydroxylation sites is 2. The van der Waals surface area contributed by atoms with Crippen LogP contribution >= 0.6 is 0 Å². The lowest BCUT2D eigenvalue weighted by Crippen LogP contribution is -2.37. The van der Waals surface area contributed by atoms with Crippen molar-refractivity contribution in [2.24, 2.45) is 5.92 Å². The minimum Gasteiger partial charge on any atom is -0.478 e. The van der Waals surface area contributed by atoms with Crippen LogP contribution in [0.25, 0.3) is 11.1 Å². The second-order valence-corrected chi connectivity index (χ2v) is 8.14. The lowest BCUT2D eigenvalue weighted by Gasteiger charge is -2.21. The Morgan fingerprint density at radius 3 is 2.48 bits per heavy atom. The highest BCUT2D eigenvalue weighted by atomic mass is 16.5. The van der Waals surface area contributed by atoms with Gasteiger partial charge in [-0.3, -0.25) is 0 Å². The summed E-state index contributed by atoms with van der Waals surface area (Å²) in [5, 5.41) is 12.7. The van der Waals surface area contributed by atoms with Gasteiger partial charge < -0.3 is 19.6 Å². The average Bonchev–Trinajstić information content (AvgIpc) is 3.09. The third-order valence-electron chi connectivity index (χ3n) is 4.68. The Bertz CT molecular complexity index is 927. The lowest BCUT2D eigenvalue weighted by atomic mass is 10.0. The highest BCUT2D eigenvalue weighted by Gasteiger charge is 2.29. The summed E-state index contributed by atoms with van der Waals surface area (Å²) in [4.78, 5) is 15.9. The minimum absolute atomic E-state index is 0.00395. The molecule has 6 heteroatoms. The minimum atomic E-state index is -1.27. The smallest absolute Gasteiger partial charge is 0.347 e. The van der Waals surface area contributed by atoms with E-state index in [1.165, 1.54) is 13.8 Å². The van der Waals surface area contributed by atoms with Crippen molar-refractivity contribution in [3.63, 3.8) is 0 Å². The van der Waals surface area contributed by atoms with Crippen molar-refractivity contribution in [3.05, 3.63) is 60.0 Å². The predicted molar refractivity (Wildman–Crippen MR) is 112 cm³/mol. The van der Waals surface area contributed by atoms with E-state index in [0.29, 0.717) is 24.1 Å². The first-order valence-electron chi connectivity index (χ1n) is 9.85. The van der Waals surface area contributed by atoms with Gasteiger partial charge in [-0.15, -0.1) is 0 Å². The maximum atomic E-state index is 11.2. The largest absolute Gasteiger partial charge is 0.478 e. The molecule has 0 aliphatic rings. The van der Waals surface area contributed by atoms with Crippen LogP contribution in [0, 0.1) is 5.92 Å². The maximum Gasteiger partial charge on any atom is 0.347 e. The number of oxazole rings is 1. The summed E-state index contributed by atoms with van der Waals surface area (Å²) in [6.45, 7) is 8.04. The van der Waals surface area contributed by atoms with E-state index in [1.807, 2.05) is 36.4 Å². The van der Waals surface area contributed by atoms with Gasteiger partial charge in [0, 0.05) is 6.54 Å². The number of aliphatic carboxylic acids is 1. The average molecular weight is 396 g/mol. The number of nitrogens with one attached hydrogen (secondary N) is 1. The topological polar surface area (TPSA) is 84.6 Å². The van der Waals surface area contributed by atoms with Gasteiger partial charge in [0.2, 0.25) is 5.89 Å². The number of benzene rings is 2. The van der Waals surface area contributed by atoms with Crippen molar-refractivity contribution in [3.8, 4) is 5.75 Å². The van der Waals surface area contributed by atoms with Gasteiger partial charge >= 0.3 is 5.97 Å². The summed E-state index contributed by atoms with van der Waals surface area (Å²) < 4.78 is 11.5. The zero-order valence-corrected chi connectivity index (χ0v) is 17.3. The number of carbonyl (C=O) groups is 1.